The summed E-state index contributed by atoms with van der Waals surface area (Å²) in [6.45, 7) is 10.4. The average Bonchev–Trinajstić information content (AvgIpc) is 2.48. The maximum absolute atomic E-state index is 11.7. The molecule has 0 aromatic heterocycles. The summed E-state index contributed by atoms with van der Waals surface area (Å²) in [5.41, 5.74) is 0.432. The number of nitrogens with zero attached hydrogens (tertiary/aromatic N) is 3. The topological polar surface area (TPSA) is 75.9 Å². The number of hydrogen-bond donors (Lipinski definition) is 0. The van der Waals surface area contributed by atoms with Crippen molar-refractivity contribution in [2.24, 2.45) is 5.41 Å². The van der Waals surface area contributed by atoms with E-state index in [1.54, 1.807) is 4.90 Å². The lowest BCUT2D eigenvalue weighted by Crippen LogP contribution is -2.49. The molecule has 1 aliphatic rings. The van der Waals surface area contributed by atoms with Crippen molar-refractivity contribution in [2.75, 3.05) is 39.3 Å². The van der Waals surface area contributed by atoms with E-state index in [0.717, 1.165) is 19.6 Å². The molecule has 23 heavy (non-hydrogen) atoms. The van der Waals surface area contributed by atoms with Crippen LogP contribution in [-0.2, 0) is 9.63 Å². The van der Waals surface area contributed by atoms with E-state index in [-0.39, 0.29) is 5.91 Å². The van der Waals surface area contributed by atoms with Crippen LogP contribution in [-0.4, -0.2) is 60.1 Å². The average molecular weight is 329 g/mol. The van der Waals surface area contributed by atoms with Gasteiger partial charge in [-0.05, 0) is 24.8 Å². The molecule has 7 heteroatoms. The lowest BCUT2D eigenvalue weighted by Gasteiger charge is -2.34. The van der Waals surface area contributed by atoms with Crippen LogP contribution in [0.5, 0.6) is 0 Å². The zero-order valence-electron chi connectivity index (χ0n) is 14.8. The number of rotatable bonds is 9. The molecule has 0 bridgehead atoms. The molecule has 1 heterocycles. The second-order valence-corrected chi connectivity index (χ2v) is 7.44. The SMILES string of the molecule is CC(C)(C)CCCCCCN1CCN(C(=O)CO[N+](=O)[O-])CC1. The van der Waals surface area contributed by atoms with Gasteiger partial charge in [0.05, 0.1) is 0 Å². The molecule has 1 amide bonds. The molecule has 0 atom stereocenters. The van der Waals surface area contributed by atoms with E-state index in [4.69, 9.17) is 0 Å². The van der Waals surface area contributed by atoms with Gasteiger partial charge >= 0.3 is 0 Å². The molecule has 1 rings (SSSR count). The predicted octanol–water partition coefficient (Wildman–Crippen LogP) is 2.34. The molecule has 0 spiro atoms. The van der Waals surface area contributed by atoms with Crippen molar-refractivity contribution in [2.45, 2.75) is 52.9 Å². The largest absolute Gasteiger partial charge is 0.338 e. The second-order valence-electron chi connectivity index (χ2n) is 7.44. The van der Waals surface area contributed by atoms with E-state index >= 15 is 0 Å². The first-order chi connectivity index (χ1) is 10.8. The molecule has 1 saturated heterocycles. The van der Waals surface area contributed by atoms with E-state index in [2.05, 4.69) is 30.5 Å². The zero-order chi connectivity index (χ0) is 17.3. The number of carbonyl (C=O) groups excluding carboxylic acids is 1. The molecular weight excluding hydrogens is 298 g/mol. The molecule has 0 radical (unpaired) electrons. The molecule has 7 nitrogen and oxygen atoms in total. The first-order valence-electron chi connectivity index (χ1n) is 8.55. The Balaban J connectivity index is 2.05. The number of unbranched alkanes of at least 4 members (excludes halogenated alkanes) is 3. The van der Waals surface area contributed by atoms with Crippen molar-refractivity contribution in [1.82, 2.24) is 9.80 Å². The predicted molar refractivity (Wildman–Crippen MR) is 88.5 cm³/mol. The normalized spacial score (nSPS) is 16.4. The van der Waals surface area contributed by atoms with Crippen LogP contribution in [0.15, 0.2) is 0 Å². The van der Waals surface area contributed by atoms with Crippen LogP contribution in [0.3, 0.4) is 0 Å². The Morgan fingerprint density at radius 3 is 2.26 bits per heavy atom. The van der Waals surface area contributed by atoms with E-state index in [9.17, 15) is 14.9 Å². The Bertz CT molecular complexity index is 374. The minimum absolute atomic E-state index is 0.302. The van der Waals surface area contributed by atoms with Crippen LogP contribution >= 0.6 is 0 Å². The van der Waals surface area contributed by atoms with Gasteiger partial charge in [-0.15, -0.1) is 10.1 Å². The molecule has 0 N–H and O–H groups in total. The highest BCUT2D eigenvalue weighted by atomic mass is 16.9. The van der Waals surface area contributed by atoms with Gasteiger partial charge in [-0.25, -0.2) is 0 Å². The molecule has 134 valence electrons. The smallest absolute Gasteiger partial charge is 0.295 e. The summed E-state index contributed by atoms with van der Waals surface area (Å²) >= 11 is 0. The first-order valence-corrected chi connectivity index (χ1v) is 8.55. The Morgan fingerprint density at radius 1 is 1.09 bits per heavy atom. The van der Waals surface area contributed by atoms with Crippen LogP contribution in [0.1, 0.15) is 52.9 Å². The summed E-state index contributed by atoms with van der Waals surface area (Å²) in [5, 5.41) is 9.17. The minimum Gasteiger partial charge on any atom is -0.338 e. The van der Waals surface area contributed by atoms with Gasteiger partial charge in [0.1, 0.15) is 0 Å². The monoisotopic (exact) mass is 329 g/mol. The van der Waals surface area contributed by atoms with Crippen molar-refractivity contribution in [3.05, 3.63) is 10.1 Å². The van der Waals surface area contributed by atoms with Crippen LogP contribution in [0.4, 0.5) is 0 Å². The molecule has 0 aliphatic carbocycles. The Hall–Kier alpha value is -1.37. The molecular formula is C16H31N3O4. The van der Waals surface area contributed by atoms with Gasteiger partial charge < -0.3 is 9.74 Å². The second kappa shape index (κ2) is 9.70. The van der Waals surface area contributed by atoms with Crippen molar-refractivity contribution in [1.29, 1.82) is 0 Å². The van der Waals surface area contributed by atoms with Crippen LogP contribution < -0.4 is 0 Å². The third-order valence-electron chi connectivity index (χ3n) is 4.17. The van der Waals surface area contributed by atoms with Gasteiger partial charge in [-0.2, -0.15) is 0 Å². The maximum Gasteiger partial charge on any atom is 0.295 e. The molecule has 0 unspecified atom stereocenters. The van der Waals surface area contributed by atoms with Gasteiger partial charge in [0.2, 0.25) is 5.91 Å². The van der Waals surface area contributed by atoms with Gasteiger partial charge in [-0.3, -0.25) is 9.69 Å². The number of hydrogen-bond acceptors (Lipinski definition) is 5. The van der Waals surface area contributed by atoms with Crippen LogP contribution in [0.2, 0.25) is 0 Å². The standard InChI is InChI=1S/C16H31N3O4/c1-16(2,3)8-6-4-5-7-9-17-10-12-18(13-11-17)15(20)14-23-19(21)22/h4-14H2,1-3H3. The lowest BCUT2D eigenvalue weighted by molar-refractivity contribution is -0.754. The third kappa shape index (κ3) is 9.38. The molecule has 0 aromatic carbocycles. The van der Waals surface area contributed by atoms with Gasteiger partial charge in [-0.1, -0.05) is 40.0 Å². The quantitative estimate of drug-likeness (QED) is 0.369. The fourth-order valence-electron chi connectivity index (χ4n) is 2.76. The van der Waals surface area contributed by atoms with E-state index < -0.39 is 11.7 Å². The number of amides is 1. The Morgan fingerprint density at radius 2 is 1.70 bits per heavy atom. The highest BCUT2D eigenvalue weighted by molar-refractivity contribution is 5.77. The summed E-state index contributed by atoms with van der Waals surface area (Å²) < 4.78 is 0. The number of carbonyl (C=O) groups is 1. The van der Waals surface area contributed by atoms with E-state index in [0.29, 0.717) is 18.5 Å². The molecule has 1 fully saturated rings. The zero-order valence-corrected chi connectivity index (χ0v) is 14.8. The Labute approximate surface area is 139 Å². The highest BCUT2D eigenvalue weighted by Crippen LogP contribution is 2.22. The lowest BCUT2D eigenvalue weighted by atomic mass is 9.89. The van der Waals surface area contributed by atoms with Crippen molar-refractivity contribution < 1.29 is 14.7 Å². The first kappa shape index (κ1) is 19.7. The number of piperazine rings is 1. The third-order valence-corrected chi connectivity index (χ3v) is 4.17. The molecule has 0 saturated carbocycles. The summed E-state index contributed by atoms with van der Waals surface area (Å²) in [5.74, 6) is -0.302. The minimum atomic E-state index is -0.923. The summed E-state index contributed by atoms with van der Waals surface area (Å²) in [6.07, 6.45) is 6.31. The van der Waals surface area contributed by atoms with E-state index in [1.165, 1.54) is 32.1 Å². The van der Waals surface area contributed by atoms with Gasteiger partial charge in [0, 0.05) is 26.2 Å². The fourth-order valence-corrected chi connectivity index (χ4v) is 2.76. The van der Waals surface area contributed by atoms with Crippen LogP contribution in [0.25, 0.3) is 0 Å². The highest BCUT2D eigenvalue weighted by Gasteiger charge is 2.21. The summed E-state index contributed by atoms with van der Waals surface area (Å²) in [7, 11) is 0. The molecule has 1 aliphatic heterocycles. The fraction of sp³-hybridized carbons (Fsp3) is 0.938. The van der Waals surface area contributed by atoms with Crippen molar-refractivity contribution in [3.8, 4) is 0 Å². The summed E-state index contributed by atoms with van der Waals surface area (Å²) in [4.78, 5) is 29.9. The van der Waals surface area contributed by atoms with Crippen molar-refractivity contribution in [3.63, 3.8) is 0 Å². The van der Waals surface area contributed by atoms with E-state index in [1.807, 2.05) is 0 Å². The van der Waals surface area contributed by atoms with Crippen LogP contribution in [0, 0.1) is 15.5 Å². The Kier molecular flexibility index (Phi) is 8.30. The summed E-state index contributed by atoms with van der Waals surface area (Å²) in [6, 6.07) is 0. The van der Waals surface area contributed by atoms with Gasteiger partial charge in [0.25, 0.3) is 5.09 Å². The molecule has 0 aromatic rings. The van der Waals surface area contributed by atoms with Crippen molar-refractivity contribution >= 4 is 5.91 Å². The maximum atomic E-state index is 11.7. The van der Waals surface area contributed by atoms with Gasteiger partial charge in [0.15, 0.2) is 6.61 Å².